The summed E-state index contributed by atoms with van der Waals surface area (Å²) in [5.74, 6) is -0.730. The molecule has 3 N–H and O–H groups in total. The molecule has 0 amide bonds. The topological polar surface area (TPSA) is 63.3 Å². The highest BCUT2D eigenvalue weighted by Gasteiger charge is 1.94. The van der Waals surface area contributed by atoms with Crippen LogP contribution in [0.15, 0.2) is 0 Å². The molecule has 53 valence electrons. The van der Waals surface area contributed by atoms with Crippen LogP contribution in [-0.2, 0) is 4.79 Å². The fourth-order valence-electron chi connectivity index (χ4n) is 0.538. The van der Waals surface area contributed by atoms with E-state index >= 15 is 0 Å². The number of carbonyl (C=O) groups is 1. The predicted octanol–water partition coefficient (Wildman–Crippen LogP) is 0.752. The molecule has 0 spiro atoms. The maximum absolute atomic E-state index is 9.92. The Kier molecular flexibility index (Phi) is 5.21. The smallest absolute Gasteiger partial charge is 0.303 e. The van der Waals surface area contributed by atoms with E-state index in [0.29, 0.717) is 0 Å². The molecule has 0 atom stereocenters. The summed E-state index contributed by atoms with van der Waals surface area (Å²) in [6, 6.07) is 0. The van der Waals surface area contributed by atoms with Crippen molar-refractivity contribution < 1.29 is 9.90 Å². The fraction of sp³-hybridized carbons (Fsp3) is 0.667. The minimum Gasteiger partial charge on any atom is -0.481 e. The molecule has 3 nitrogen and oxygen atoms in total. The summed E-state index contributed by atoms with van der Waals surface area (Å²) < 4.78 is 0. The summed E-state index contributed by atoms with van der Waals surface area (Å²) in [5, 5.41) is 8.17. The van der Waals surface area contributed by atoms with E-state index in [4.69, 9.17) is 10.8 Å². The normalized spacial score (nSPS) is 9.44. The van der Waals surface area contributed by atoms with E-state index in [-0.39, 0.29) is 6.42 Å². The van der Waals surface area contributed by atoms with Crippen LogP contribution in [0.2, 0.25) is 0 Å². The Morgan fingerprint density at radius 3 is 2.67 bits per heavy atom. The van der Waals surface area contributed by atoms with Crippen LogP contribution in [-0.4, -0.2) is 11.1 Å². The van der Waals surface area contributed by atoms with Crippen LogP contribution in [0.1, 0.15) is 25.7 Å². The van der Waals surface area contributed by atoms with Gasteiger partial charge in [-0.15, -0.1) is 0 Å². The lowest BCUT2D eigenvalue weighted by atomic mass is 10.2. The monoisotopic (exact) mass is 130 g/mol. The van der Waals surface area contributed by atoms with Crippen LogP contribution >= 0.6 is 0 Å². The lowest BCUT2D eigenvalue weighted by Gasteiger charge is -1.92. The minimum atomic E-state index is -0.730. The summed E-state index contributed by atoms with van der Waals surface area (Å²) in [7, 11) is 0. The number of hydrogen-bond acceptors (Lipinski definition) is 2. The van der Waals surface area contributed by atoms with Gasteiger partial charge in [0.2, 0.25) is 0 Å². The van der Waals surface area contributed by atoms with Crippen LogP contribution in [0, 0.1) is 6.54 Å². The highest BCUT2D eigenvalue weighted by atomic mass is 16.4. The Bertz CT molecular complexity index is 83.1. The molecule has 1 radical (unpaired) electrons. The van der Waals surface area contributed by atoms with Gasteiger partial charge in [0.15, 0.2) is 0 Å². The zero-order valence-corrected chi connectivity index (χ0v) is 5.34. The number of unbranched alkanes of at least 4 members (excludes halogenated alkanes) is 2. The van der Waals surface area contributed by atoms with Gasteiger partial charge in [0.25, 0.3) is 0 Å². The fourth-order valence-corrected chi connectivity index (χ4v) is 0.538. The van der Waals surface area contributed by atoms with Crippen LogP contribution in [0.4, 0.5) is 0 Å². The zero-order valence-electron chi connectivity index (χ0n) is 5.34. The summed E-state index contributed by atoms with van der Waals surface area (Å²) >= 11 is 0. The third kappa shape index (κ3) is 7.43. The second-order valence-corrected chi connectivity index (χ2v) is 1.88. The van der Waals surface area contributed by atoms with Crippen LogP contribution < -0.4 is 5.73 Å². The van der Waals surface area contributed by atoms with Crippen molar-refractivity contribution in [2.45, 2.75) is 25.7 Å². The number of rotatable bonds is 5. The van der Waals surface area contributed by atoms with E-state index in [2.05, 4.69) is 0 Å². The Balaban J connectivity index is 2.83. The number of hydrogen-bond donors (Lipinski definition) is 2. The molecular formula is C6H12NO2. The summed E-state index contributed by atoms with van der Waals surface area (Å²) in [6.07, 6.45) is 2.67. The van der Waals surface area contributed by atoms with Gasteiger partial charge in [-0.25, -0.2) is 0 Å². The van der Waals surface area contributed by atoms with Gasteiger partial charge >= 0.3 is 5.97 Å². The summed E-state index contributed by atoms with van der Waals surface area (Å²) in [4.78, 5) is 9.92. The van der Waals surface area contributed by atoms with Crippen molar-refractivity contribution >= 4 is 5.97 Å². The van der Waals surface area contributed by atoms with Crippen LogP contribution in [0.25, 0.3) is 0 Å². The molecule has 0 aliphatic heterocycles. The largest absolute Gasteiger partial charge is 0.481 e. The van der Waals surface area contributed by atoms with Gasteiger partial charge in [-0.3, -0.25) is 4.79 Å². The quantitative estimate of drug-likeness (QED) is 0.540. The van der Waals surface area contributed by atoms with Gasteiger partial charge in [-0.1, -0.05) is 6.42 Å². The Labute approximate surface area is 54.9 Å². The van der Waals surface area contributed by atoms with E-state index in [1.165, 1.54) is 0 Å². The maximum Gasteiger partial charge on any atom is 0.303 e. The van der Waals surface area contributed by atoms with Gasteiger partial charge in [-0.2, -0.15) is 0 Å². The van der Waals surface area contributed by atoms with E-state index in [1.54, 1.807) is 6.54 Å². The van der Waals surface area contributed by atoms with Crippen LogP contribution in [0.3, 0.4) is 0 Å². The van der Waals surface area contributed by atoms with Gasteiger partial charge in [0.05, 0.1) is 0 Å². The van der Waals surface area contributed by atoms with Crippen molar-refractivity contribution in [1.82, 2.24) is 0 Å². The lowest BCUT2D eigenvalue weighted by molar-refractivity contribution is -0.137. The first kappa shape index (κ1) is 8.43. The molecule has 0 aliphatic rings. The third-order valence-corrected chi connectivity index (χ3v) is 1.01. The number of nitrogens with two attached hydrogens (primary N) is 1. The van der Waals surface area contributed by atoms with E-state index in [0.717, 1.165) is 19.3 Å². The molecule has 0 saturated heterocycles. The second kappa shape index (κ2) is 5.56. The van der Waals surface area contributed by atoms with Crippen molar-refractivity contribution in [3.8, 4) is 0 Å². The predicted molar refractivity (Wildman–Crippen MR) is 34.6 cm³/mol. The lowest BCUT2D eigenvalue weighted by Crippen LogP contribution is -1.95. The number of carboxylic acids is 1. The average molecular weight is 130 g/mol. The maximum atomic E-state index is 9.92. The Morgan fingerprint density at radius 2 is 2.22 bits per heavy atom. The molecule has 0 heterocycles. The summed E-state index contributed by atoms with van der Waals surface area (Å²) in [5.41, 5.74) is 5.07. The first-order valence-electron chi connectivity index (χ1n) is 3.02. The first-order chi connectivity index (χ1) is 4.27. The molecular weight excluding hydrogens is 118 g/mol. The van der Waals surface area contributed by atoms with Gasteiger partial charge in [0.1, 0.15) is 0 Å². The molecule has 3 heteroatoms. The van der Waals surface area contributed by atoms with E-state index in [9.17, 15) is 4.79 Å². The van der Waals surface area contributed by atoms with Crippen molar-refractivity contribution in [3.63, 3.8) is 0 Å². The van der Waals surface area contributed by atoms with Crippen molar-refractivity contribution in [1.29, 1.82) is 0 Å². The number of carboxylic acid groups (broad SMARTS) is 1. The molecule has 9 heavy (non-hydrogen) atoms. The SMILES string of the molecule is N[CH]CCCCC(=O)O. The third-order valence-electron chi connectivity index (χ3n) is 1.01. The molecule has 0 bridgehead atoms. The Hall–Kier alpha value is -0.570. The van der Waals surface area contributed by atoms with Crippen molar-refractivity contribution in [2.75, 3.05) is 0 Å². The highest BCUT2D eigenvalue weighted by molar-refractivity contribution is 5.66. The van der Waals surface area contributed by atoms with Crippen molar-refractivity contribution in [2.24, 2.45) is 5.73 Å². The molecule has 0 unspecified atom stereocenters. The summed E-state index contributed by atoms with van der Waals surface area (Å²) in [6.45, 7) is 1.56. The Morgan fingerprint density at radius 1 is 1.56 bits per heavy atom. The molecule has 0 fully saturated rings. The van der Waals surface area contributed by atoms with Crippen LogP contribution in [0.5, 0.6) is 0 Å². The number of aliphatic carboxylic acids is 1. The molecule has 0 aromatic heterocycles. The molecule has 0 rings (SSSR count). The molecule has 0 aliphatic carbocycles. The van der Waals surface area contributed by atoms with Gasteiger partial charge in [0, 0.05) is 13.0 Å². The second-order valence-electron chi connectivity index (χ2n) is 1.88. The minimum absolute atomic E-state index is 0.258. The average Bonchev–Trinajstić information content (AvgIpc) is 1.80. The van der Waals surface area contributed by atoms with E-state index < -0.39 is 5.97 Å². The zero-order chi connectivity index (χ0) is 7.11. The first-order valence-corrected chi connectivity index (χ1v) is 3.02. The molecule has 0 saturated carbocycles. The standard InChI is InChI=1S/C6H12NO2/c7-5-3-1-2-4-6(8)9/h5H,1-4,7H2,(H,8,9). The van der Waals surface area contributed by atoms with Crippen molar-refractivity contribution in [3.05, 3.63) is 6.54 Å². The van der Waals surface area contributed by atoms with E-state index in [1.807, 2.05) is 0 Å². The van der Waals surface area contributed by atoms with Gasteiger partial charge < -0.3 is 10.8 Å². The molecule has 0 aromatic carbocycles. The highest BCUT2D eigenvalue weighted by Crippen LogP contribution is 1.98. The van der Waals surface area contributed by atoms with Gasteiger partial charge in [-0.05, 0) is 12.8 Å². The molecule has 0 aromatic rings.